The minimum absolute atomic E-state index is 0.881. The van der Waals surface area contributed by atoms with Crippen LogP contribution >= 0.6 is 0 Å². The molecule has 7 heterocycles. The van der Waals surface area contributed by atoms with E-state index in [1.165, 1.54) is 20.8 Å². The highest BCUT2D eigenvalue weighted by Gasteiger charge is 2.64. The lowest BCUT2D eigenvalue weighted by molar-refractivity contribution is -0.407. The standard InChI is InChI=1S/C55H92N2O39/c1-15-20(67)6-54(52(80)81,93-40(15)32(72)22(69)8-58)95-46-38(78)50(89-42-26(12-62)84-17(3)31(71)37(42)77)87-28(14-64)44(46)91-49-30(57-19(5)66)45(35(75)25(11-61)86-49)92-51-39(79)47(96-55(53(82)83)7-21(68)16(2)41(94-55)33(73)23(70)9-59)43(27(13-63)88-51)90-48-29(56-18(4)65)36(76)34(74)24(10-60)85-48/h15-17,20-51,58-64,67-79H,6-14H2,1-5H3,(H,56,65)(H,57,66)(H,80,81)(H,82,83)/t15-,16-,17?,20?,21?,22-,23-,24?,25?,26?,27?,28?,29?,30?,31?,32-,33-,34+,35+,36-,37-,38?,39?,40-,41-,42-,43+,44+,45-,46-,47-,48+,49+,50+,51+,54+,55+/m1/s1. The highest BCUT2D eigenvalue weighted by molar-refractivity contribution is 5.76. The van der Waals surface area contributed by atoms with E-state index in [-0.39, 0.29) is 0 Å². The van der Waals surface area contributed by atoms with E-state index in [0.29, 0.717) is 0 Å². The van der Waals surface area contributed by atoms with Crippen LogP contribution in [0.15, 0.2) is 0 Å². The molecule has 37 atom stereocenters. The Morgan fingerprint density at radius 2 is 0.781 bits per heavy atom. The summed E-state index contributed by atoms with van der Waals surface area (Å²) in [6.45, 7) is -2.37. The van der Waals surface area contributed by atoms with Crippen LogP contribution in [0.2, 0.25) is 0 Å². The van der Waals surface area contributed by atoms with Gasteiger partial charge in [0.15, 0.2) is 25.2 Å². The number of aliphatic carboxylic acids is 2. The Morgan fingerprint density at radius 1 is 0.427 bits per heavy atom. The maximum Gasteiger partial charge on any atom is 0.364 e. The second-order valence-electron chi connectivity index (χ2n) is 24.9. The number of ether oxygens (including phenoxy) is 13. The van der Waals surface area contributed by atoms with E-state index in [0.717, 1.165) is 13.8 Å². The predicted molar refractivity (Wildman–Crippen MR) is 299 cm³/mol. The van der Waals surface area contributed by atoms with Crippen molar-refractivity contribution in [3.63, 3.8) is 0 Å². The van der Waals surface area contributed by atoms with Gasteiger partial charge >= 0.3 is 11.9 Å². The van der Waals surface area contributed by atoms with Gasteiger partial charge in [0.1, 0.15) is 146 Å². The van der Waals surface area contributed by atoms with Crippen LogP contribution < -0.4 is 10.6 Å². The van der Waals surface area contributed by atoms with Crippen molar-refractivity contribution >= 4 is 23.8 Å². The molecule has 7 fully saturated rings. The van der Waals surface area contributed by atoms with Gasteiger partial charge in [0, 0.05) is 38.5 Å². The summed E-state index contributed by atoms with van der Waals surface area (Å²) in [7, 11) is 0. The fourth-order valence-corrected chi connectivity index (χ4v) is 12.8. The van der Waals surface area contributed by atoms with Crippen LogP contribution in [0.3, 0.4) is 0 Å². The van der Waals surface area contributed by atoms with Crippen LogP contribution in [0.4, 0.5) is 0 Å². The highest BCUT2D eigenvalue weighted by atomic mass is 16.8. The Balaban J connectivity index is 1.32. The Hall–Kier alpha value is -3.44. The zero-order valence-corrected chi connectivity index (χ0v) is 52.4. The van der Waals surface area contributed by atoms with E-state index in [9.17, 15) is 132 Å². The molecule has 24 N–H and O–H groups in total. The van der Waals surface area contributed by atoms with E-state index >= 15 is 0 Å². The monoisotopic (exact) mass is 1400 g/mol. The third-order valence-corrected chi connectivity index (χ3v) is 18.3. The molecule has 7 rings (SSSR count). The van der Waals surface area contributed by atoms with Gasteiger partial charge in [-0.05, 0) is 6.92 Å². The molecule has 2 amide bonds. The lowest BCUT2D eigenvalue weighted by atomic mass is 9.84. The second kappa shape index (κ2) is 33.6. The number of nitrogens with one attached hydrogen (secondary N) is 2. The third kappa shape index (κ3) is 16.7. The Kier molecular flexibility index (Phi) is 27.9. The molecule has 556 valence electrons. The molecule has 7 aliphatic rings. The molecular formula is C55H92N2O39. The highest BCUT2D eigenvalue weighted by Crippen LogP contribution is 2.44. The molecule has 7 aliphatic heterocycles. The van der Waals surface area contributed by atoms with Gasteiger partial charge in [0.25, 0.3) is 11.6 Å². The van der Waals surface area contributed by atoms with Crippen LogP contribution in [0.25, 0.3) is 0 Å². The first kappa shape index (κ1) is 79.9. The predicted octanol–water partition coefficient (Wildman–Crippen LogP) is -14.0. The molecule has 0 spiro atoms. The summed E-state index contributed by atoms with van der Waals surface area (Å²) in [5, 5.41) is 247. The number of aliphatic hydroxyl groups is 20. The minimum Gasteiger partial charge on any atom is -0.477 e. The van der Waals surface area contributed by atoms with Gasteiger partial charge in [0.05, 0.1) is 76.8 Å². The SMILES string of the molecule is CC(=O)NC1[C@H](O[C@H]2C(CO)O[C@@H](O[C@@H]3C(NC(C)=O)[C@H](O[C@H]4C(CO)O[C@@H](O[C@@H]5C(CO)OC(C)C(O)[C@H]5O)C(O)[C@H]4O[C@]4(C(=O)O)CC(O)[C@@H](C)[C@H]([C@H](O)[C@H](O)CO)O4)OC(CO)[C@@H]3O)C(O)[C@H]2O[C@]2(C(=O)O)CC(O)[C@@H](C)[C@H]([C@H](O)[C@H](O)CO)O2)OC(CO)[C@H](O)[C@@H]1O. The van der Waals surface area contributed by atoms with Crippen molar-refractivity contribution in [2.45, 2.75) is 261 Å². The van der Waals surface area contributed by atoms with Crippen molar-refractivity contribution in [3.05, 3.63) is 0 Å². The van der Waals surface area contributed by atoms with Gasteiger partial charge in [0.2, 0.25) is 11.8 Å². The van der Waals surface area contributed by atoms with Gasteiger partial charge in [-0.25, -0.2) is 9.59 Å². The molecule has 13 unspecified atom stereocenters. The summed E-state index contributed by atoms with van der Waals surface area (Å²) in [4.78, 5) is 53.2. The normalized spacial score (nSPS) is 46.8. The second-order valence-corrected chi connectivity index (χ2v) is 24.9. The number of carboxylic acid groups (broad SMARTS) is 2. The summed E-state index contributed by atoms with van der Waals surface area (Å²) in [5.41, 5.74) is 0. The molecule has 0 aromatic rings. The lowest BCUT2D eigenvalue weighted by Crippen LogP contribution is -2.72. The Labute approximate surface area is 545 Å². The average molecular weight is 1410 g/mol. The van der Waals surface area contributed by atoms with E-state index < -0.39 is 308 Å². The van der Waals surface area contributed by atoms with Crippen molar-refractivity contribution in [3.8, 4) is 0 Å². The van der Waals surface area contributed by atoms with Crippen LogP contribution in [0.1, 0.15) is 47.5 Å². The Bertz CT molecular complexity index is 2520. The fraction of sp³-hybridized carbons (Fsp3) is 0.927. The largest absolute Gasteiger partial charge is 0.477 e. The number of hydrogen-bond donors (Lipinski definition) is 24. The maximum absolute atomic E-state index is 13.6. The smallest absolute Gasteiger partial charge is 0.364 e. The van der Waals surface area contributed by atoms with Gasteiger partial charge in [-0.15, -0.1) is 0 Å². The van der Waals surface area contributed by atoms with Gasteiger partial charge in [-0.2, -0.15) is 0 Å². The first-order valence-electron chi connectivity index (χ1n) is 30.9. The van der Waals surface area contributed by atoms with Crippen LogP contribution in [-0.2, 0) is 80.8 Å². The van der Waals surface area contributed by atoms with E-state index in [1.54, 1.807) is 0 Å². The van der Waals surface area contributed by atoms with E-state index in [2.05, 4.69) is 10.6 Å². The molecule has 0 aromatic heterocycles. The Morgan fingerprint density at radius 3 is 1.17 bits per heavy atom. The van der Waals surface area contributed by atoms with Crippen LogP contribution in [0.5, 0.6) is 0 Å². The zero-order valence-electron chi connectivity index (χ0n) is 52.4. The lowest BCUT2D eigenvalue weighted by Gasteiger charge is -2.53. The first-order valence-corrected chi connectivity index (χ1v) is 30.9. The summed E-state index contributed by atoms with van der Waals surface area (Å²) in [6.07, 6.45) is -66.7. The molecular weight excluding hydrogens is 1310 g/mol. The van der Waals surface area contributed by atoms with E-state index in [4.69, 9.17) is 61.6 Å². The van der Waals surface area contributed by atoms with Crippen molar-refractivity contribution < 1.29 is 193 Å². The number of amides is 2. The summed E-state index contributed by atoms with van der Waals surface area (Å²) >= 11 is 0. The summed E-state index contributed by atoms with van der Waals surface area (Å²) < 4.78 is 78.0. The molecule has 0 aliphatic carbocycles. The number of carbonyl (C=O) groups excluding carboxylic acids is 2. The average Bonchev–Trinajstić information content (AvgIpc) is 0.755. The van der Waals surface area contributed by atoms with Gasteiger partial charge in [-0.1, -0.05) is 13.8 Å². The molecule has 41 nitrogen and oxygen atoms in total. The number of carbonyl (C=O) groups is 4. The number of hydrogen-bond acceptors (Lipinski definition) is 37. The maximum atomic E-state index is 13.6. The van der Waals surface area contributed by atoms with Crippen LogP contribution in [-0.4, -0.2) is 396 Å². The molecule has 7 saturated heterocycles. The van der Waals surface area contributed by atoms with Crippen molar-refractivity contribution in [1.29, 1.82) is 0 Å². The van der Waals surface area contributed by atoms with Crippen molar-refractivity contribution in [1.82, 2.24) is 10.6 Å². The van der Waals surface area contributed by atoms with Crippen molar-refractivity contribution in [2.75, 3.05) is 46.2 Å². The topological polar surface area (TPSA) is 657 Å². The zero-order chi connectivity index (χ0) is 71.5. The van der Waals surface area contributed by atoms with Crippen LogP contribution in [0, 0.1) is 11.8 Å². The van der Waals surface area contributed by atoms with E-state index in [1.807, 2.05) is 0 Å². The van der Waals surface area contributed by atoms with Gasteiger partial charge < -0.3 is 185 Å². The fourth-order valence-electron chi connectivity index (χ4n) is 12.8. The number of rotatable bonds is 27. The molecule has 0 radical (unpaired) electrons. The molecule has 41 heteroatoms. The minimum atomic E-state index is -3.31. The van der Waals surface area contributed by atoms with Gasteiger partial charge in [-0.3, -0.25) is 9.59 Å². The first-order chi connectivity index (χ1) is 45.1. The molecule has 96 heavy (non-hydrogen) atoms. The number of aliphatic hydroxyl groups excluding tert-OH is 20. The summed E-state index contributed by atoms with van der Waals surface area (Å²) in [5.74, 6) is -15.3. The molecule has 0 saturated carbocycles. The quantitative estimate of drug-likeness (QED) is 0.0363. The van der Waals surface area contributed by atoms with Crippen molar-refractivity contribution in [2.24, 2.45) is 11.8 Å². The molecule has 0 aromatic carbocycles. The third-order valence-electron chi connectivity index (χ3n) is 18.3. The molecule has 0 bridgehead atoms. The number of carboxylic acids is 2. The summed E-state index contributed by atoms with van der Waals surface area (Å²) in [6, 6.07) is -3.96.